The van der Waals surface area contributed by atoms with E-state index in [0.29, 0.717) is 0 Å². The van der Waals surface area contributed by atoms with E-state index in [0.717, 1.165) is 24.1 Å². The van der Waals surface area contributed by atoms with Crippen molar-refractivity contribution in [1.82, 2.24) is 0 Å². The molecule has 2 nitrogen and oxygen atoms in total. The number of carbonyl (C=O) groups is 1. The number of halogens is 1. The normalized spacial score (nSPS) is 12.0. The van der Waals surface area contributed by atoms with Gasteiger partial charge in [-0.25, -0.2) is 0 Å². The second-order valence-corrected chi connectivity index (χ2v) is 6.33. The first-order valence-corrected chi connectivity index (χ1v) is 9.12. The zero-order chi connectivity index (χ0) is 17.7. The van der Waals surface area contributed by atoms with Crippen molar-refractivity contribution in [3.63, 3.8) is 0 Å². The van der Waals surface area contributed by atoms with E-state index in [1.807, 2.05) is 17.0 Å². The molecule has 0 aliphatic rings. The molecule has 3 heteroatoms. The predicted molar refractivity (Wildman–Crippen MR) is 103 cm³/mol. The van der Waals surface area contributed by atoms with Crippen molar-refractivity contribution in [2.24, 2.45) is 0 Å². The van der Waals surface area contributed by atoms with E-state index in [4.69, 9.17) is 11.6 Å². The molecule has 0 N–H and O–H groups in total. The maximum absolute atomic E-state index is 12.8. The molecule has 128 valence electrons. The number of amides is 1. The summed E-state index contributed by atoms with van der Waals surface area (Å²) in [7, 11) is 0. The van der Waals surface area contributed by atoms with Gasteiger partial charge in [-0.15, -0.1) is 11.6 Å². The van der Waals surface area contributed by atoms with E-state index in [-0.39, 0.29) is 17.8 Å². The van der Waals surface area contributed by atoms with Crippen LogP contribution in [0, 0.1) is 6.92 Å². The third-order valence-electron chi connectivity index (χ3n) is 4.61. The monoisotopic (exact) mass is 343 g/mol. The zero-order valence-corrected chi connectivity index (χ0v) is 15.7. The molecular formula is C21H26ClNO. The van der Waals surface area contributed by atoms with Crippen LogP contribution in [0.2, 0.25) is 0 Å². The van der Waals surface area contributed by atoms with Crippen molar-refractivity contribution in [1.29, 1.82) is 0 Å². The summed E-state index contributed by atoms with van der Waals surface area (Å²) in [6.07, 6.45) is 1.77. The number of hydrogen-bond donors (Lipinski definition) is 0. The lowest BCUT2D eigenvalue weighted by molar-refractivity contribution is -0.116. The van der Waals surface area contributed by atoms with Crippen LogP contribution < -0.4 is 4.90 Å². The van der Waals surface area contributed by atoms with Crippen LogP contribution >= 0.6 is 11.6 Å². The molecule has 1 amide bonds. The molecule has 0 aromatic heterocycles. The highest BCUT2D eigenvalue weighted by molar-refractivity contribution is 6.29. The van der Waals surface area contributed by atoms with E-state index in [9.17, 15) is 4.79 Å². The Morgan fingerprint density at radius 1 is 1.04 bits per heavy atom. The van der Waals surface area contributed by atoms with Gasteiger partial charge in [-0.3, -0.25) is 4.79 Å². The Morgan fingerprint density at radius 2 is 1.62 bits per heavy atom. The van der Waals surface area contributed by atoms with Gasteiger partial charge in [0.25, 0.3) is 0 Å². The van der Waals surface area contributed by atoms with Crippen LogP contribution in [0.15, 0.2) is 42.5 Å². The minimum absolute atomic E-state index is 0.0164. The van der Waals surface area contributed by atoms with E-state index < -0.39 is 0 Å². The Balaban J connectivity index is 2.63. The number of alkyl halides is 1. The molecule has 0 heterocycles. The van der Waals surface area contributed by atoms with Gasteiger partial charge in [-0.2, -0.15) is 0 Å². The maximum Gasteiger partial charge on any atom is 0.242 e. The molecule has 0 fully saturated rings. The van der Waals surface area contributed by atoms with Gasteiger partial charge >= 0.3 is 0 Å². The topological polar surface area (TPSA) is 20.3 Å². The number of hydrogen-bond acceptors (Lipinski definition) is 1. The fourth-order valence-electron chi connectivity index (χ4n) is 3.32. The van der Waals surface area contributed by atoms with Gasteiger partial charge in [0.2, 0.25) is 5.91 Å². The van der Waals surface area contributed by atoms with Gasteiger partial charge in [0.1, 0.15) is 5.88 Å². The van der Waals surface area contributed by atoms with Crippen molar-refractivity contribution < 1.29 is 4.79 Å². The first-order valence-electron chi connectivity index (χ1n) is 8.59. The van der Waals surface area contributed by atoms with Crippen molar-refractivity contribution >= 4 is 23.2 Å². The molecule has 2 rings (SSSR count). The standard InChI is InChI=1S/C21H26ClNO/c1-5-17-11-9-12-18(6-2)21(17)23(20(24)14-22)16(4)19-13-8-7-10-15(19)3/h7-13,16H,5-6,14H2,1-4H3. The zero-order valence-electron chi connectivity index (χ0n) is 15.0. The second-order valence-electron chi connectivity index (χ2n) is 6.06. The Labute approximate surface area is 150 Å². The van der Waals surface area contributed by atoms with Crippen molar-refractivity contribution in [2.75, 3.05) is 10.8 Å². The Morgan fingerprint density at radius 3 is 2.12 bits per heavy atom. The van der Waals surface area contributed by atoms with Gasteiger partial charge in [0.15, 0.2) is 0 Å². The van der Waals surface area contributed by atoms with Crippen LogP contribution in [0.4, 0.5) is 5.69 Å². The van der Waals surface area contributed by atoms with Crippen LogP contribution in [0.1, 0.15) is 49.1 Å². The molecule has 2 aromatic carbocycles. The lowest BCUT2D eigenvalue weighted by atomic mass is 9.96. The summed E-state index contributed by atoms with van der Waals surface area (Å²) < 4.78 is 0. The third-order valence-corrected chi connectivity index (χ3v) is 4.84. The number of para-hydroxylation sites is 1. The van der Waals surface area contributed by atoms with Crippen molar-refractivity contribution in [3.05, 3.63) is 64.7 Å². The summed E-state index contributed by atoms with van der Waals surface area (Å²) in [5.41, 5.74) is 5.75. The predicted octanol–water partition coefficient (Wildman–Crippen LogP) is 5.45. The minimum atomic E-state index is -0.0598. The summed E-state index contributed by atoms with van der Waals surface area (Å²) >= 11 is 5.97. The van der Waals surface area contributed by atoms with E-state index in [2.05, 4.69) is 58.0 Å². The summed E-state index contributed by atoms with van der Waals surface area (Å²) in [5, 5.41) is 0. The Kier molecular flexibility index (Phi) is 6.44. The molecule has 0 radical (unpaired) electrons. The highest BCUT2D eigenvalue weighted by Crippen LogP contribution is 2.35. The third kappa shape index (κ3) is 3.64. The first-order chi connectivity index (χ1) is 11.5. The number of nitrogens with zero attached hydrogens (tertiary/aromatic N) is 1. The number of benzene rings is 2. The summed E-state index contributed by atoms with van der Waals surface area (Å²) in [6.45, 7) is 8.42. The lowest BCUT2D eigenvalue weighted by Gasteiger charge is -2.33. The van der Waals surface area contributed by atoms with Crippen LogP contribution in [-0.2, 0) is 17.6 Å². The maximum atomic E-state index is 12.8. The molecule has 0 saturated heterocycles. The van der Waals surface area contributed by atoms with Gasteiger partial charge in [0.05, 0.1) is 11.7 Å². The number of rotatable bonds is 6. The van der Waals surface area contributed by atoms with Crippen LogP contribution in [0.25, 0.3) is 0 Å². The van der Waals surface area contributed by atoms with Gasteiger partial charge in [-0.05, 0) is 48.9 Å². The summed E-state index contributed by atoms with van der Waals surface area (Å²) in [4.78, 5) is 14.7. The molecule has 0 spiro atoms. The smallest absolute Gasteiger partial charge is 0.242 e. The SMILES string of the molecule is CCc1cccc(CC)c1N(C(=O)CCl)C(C)c1ccccc1C. The highest BCUT2D eigenvalue weighted by Gasteiger charge is 2.27. The van der Waals surface area contributed by atoms with Crippen molar-refractivity contribution in [3.8, 4) is 0 Å². The lowest BCUT2D eigenvalue weighted by Crippen LogP contribution is -2.36. The first kappa shape index (κ1) is 18.5. The fourth-order valence-corrected chi connectivity index (χ4v) is 3.45. The summed E-state index contributed by atoms with van der Waals surface area (Å²) in [5.74, 6) is -0.0692. The van der Waals surface area contributed by atoms with Gasteiger partial charge < -0.3 is 4.90 Å². The van der Waals surface area contributed by atoms with Gasteiger partial charge in [0, 0.05) is 0 Å². The minimum Gasteiger partial charge on any atom is -0.304 e. The van der Waals surface area contributed by atoms with Crippen molar-refractivity contribution in [2.45, 2.75) is 46.6 Å². The fraction of sp³-hybridized carbons (Fsp3) is 0.381. The molecule has 0 saturated carbocycles. The molecule has 0 aliphatic carbocycles. The quantitative estimate of drug-likeness (QED) is 0.638. The Hall–Kier alpha value is -1.80. The average molecular weight is 344 g/mol. The molecule has 24 heavy (non-hydrogen) atoms. The van der Waals surface area contributed by atoms with E-state index in [1.165, 1.54) is 16.7 Å². The number of carbonyl (C=O) groups excluding carboxylic acids is 1. The largest absolute Gasteiger partial charge is 0.304 e. The molecule has 0 bridgehead atoms. The number of aryl methyl sites for hydroxylation is 3. The van der Waals surface area contributed by atoms with Crippen LogP contribution in [-0.4, -0.2) is 11.8 Å². The molecule has 2 aromatic rings. The molecule has 1 unspecified atom stereocenters. The number of anilines is 1. The van der Waals surface area contributed by atoms with Gasteiger partial charge in [-0.1, -0.05) is 56.3 Å². The van der Waals surface area contributed by atoms with Crippen LogP contribution in [0.3, 0.4) is 0 Å². The van der Waals surface area contributed by atoms with E-state index >= 15 is 0 Å². The molecule has 1 atom stereocenters. The second kappa shape index (κ2) is 8.34. The Bertz CT molecular complexity index is 688. The van der Waals surface area contributed by atoms with E-state index in [1.54, 1.807) is 0 Å². The molecular weight excluding hydrogens is 318 g/mol. The summed E-state index contributed by atoms with van der Waals surface area (Å²) in [6, 6.07) is 14.4. The van der Waals surface area contributed by atoms with Crippen LogP contribution in [0.5, 0.6) is 0 Å². The average Bonchev–Trinajstić information content (AvgIpc) is 2.61. The highest BCUT2D eigenvalue weighted by atomic mass is 35.5. The molecule has 0 aliphatic heterocycles.